The molecule has 0 radical (unpaired) electrons. The Labute approximate surface area is 125 Å². The van der Waals surface area contributed by atoms with Crippen molar-refractivity contribution in [2.24, 2.45) is 0 Å². The standard InChI is InChI=1S/C16H22N4O/c1-5-20(6-2)15-14(17)16(19-10-18-15)21-13-8-7-11(3)12(4)9-13/h7-10H,5-6,17H2,1-4H3. The minimum atomic E-state index is 0.398. The highest BCUT2D eigenvalue weighted by atomic mass is 16.5. The second-order valence-electron chi connectivity index (χ2n) is 4.94. The number of aryl methyl sites for hydroxylation is 2. The molecule has 0 saturated heterocycles. The minimum absolute atomic E-state index is 0.398. The number of nitrogens with two attached hydrogens (primary N) is 1. The SMILES string of the molecule is CCN(CC)c1ncnc(Oc2ccc(C)c(C)c2)c1N. The Balaban J connectivity index is 2.32. The number of rotatable bonds is 5. The average Bonchev–Trinajstić information content (AvgIpc) is 2.48. The molecule has 0 aliphatic heterocycles. The Bertz CT molecular complexity index is 624. The summed E-state index contributed by atoms with van der Waals surface area (Å²) in [4.78, 5) is 10.5. The largest absolute Gasteiger partial charge is 0.437 e. The molecule has 5 heteroatoms. The summed E-state index contributed by atoms with van der Waals surface area (Å²) in [5, 5.41) is 0. The van der Waals surface area contributed by atoms with Crippen LogP contribution in [0.15, 0.2) is 24.5 Å². The third-order valence-electron chi connectivity index (χ3n) is 3.58. The quantitative estimate of drug-likeness (QED) is 0.913. The summed E-state index contributed by atoms with van der Waals surface area (Å²) in [5.74, 6) is 1.85. The van der Waals surface area contributed by atoms with Crippen molar-refractivity contribution in [1.82, 2.24) is 9.97 Å². The number of ether oxygens (including phenoxy) is 1. The summed E-state index contributed by atoms with van der Waals surface area (Å²) in [7, 11) is 0. The lowest BCUT2D eigenvalue weighted by Gasteiger charge is -2.21. The maximum absolute atomic E-state index is 6.16. The first kappa shape index (κ1) is 15.1. The van der Waals surface area contributed by atoms with Crippen LogP contribution in [0.25, 0.3) is 0 Å². The van der Waals surface area contributed by atoms with Gasteiger partial charge in [-0.2, -0.15) is 4.98 Å². The van der Waals surface area contributed by atoms with E-state index in [9.17, 15) is 0 Å². The van der Waals surface area contributed by atoms with Gasteiger partial charge in [0, 0.05) is 13.1 Å². The van der Waals surface area contributed by atoms with Crippen LogP contribution >= 0.6 is 0 Å². The van der Waals surface area contributed by atoms with Crippen LogP contribution < -0.4 is 15.4 Å². The highest BCUT2D eigenvalue weighted by Crippen LogP contribution is 2.31. The number of aromatic nitrogens is 2. The van der Waals surface area contributed by atoms with Gasteiger partial charge in [0.25, 0.3) is 0 Å². The van der Waals surface area contributed by atoms with Crippen molar-refractivity contribution in [2.45, 2.75) is 27.7 Å². The molecule has 2 rings (SSSR count). The van der Waals surface area contributed by atoms with E-state index in [4.69, 9.17) is 10.5 Å². The van der Waals surface area contributed by atoms with Crippen LogP contribution in [0.3, 0.4) is 0 Å². The van der Waals surface area contributed by atoms with Crippen LogP contribution in [-0.4, -0.2) is 23.1 Å². The molecule has 1 aromatic heterocycles. The van der Waals surface area contributed by atoms with Gasteiger partial charge in [-0.15, -0.1) is 0 Å². The number of nitrogens with zero attached hydrogens (tertiary/aromatic N) is 3. The van der Waals surface area contributed by atoms with Crippen LogP contribution in [0.1, 0.15) is 25.0 Å². The van der Waals surface area contributed by atoms with Crippen LogP contribution in [0, 0.1) is 13.8 Å². The zero-order valence-corrected chi connectivity index (χ0v) is 13.1. The lowest BCUT2D eigenvalue weighted by Crippen LogP contribution is -2.24. The number of nitrogen functional groups attached to an aromatic ring is 1. The third-order valence-corrected chi connectivity index (χ3v) is 3.58. The fourth-order valence-electron chi connectivity index (χ4n) is 2.12. The Kier molecular flexibility index (Phi) is 4.62. The Morgan fingerprint density at radius 2 is 1.81 bits per heavy atom. The third kappa shape index (κ3) is 3.24. The van der Waals surface area contributed by atoms with E-state index >= 15 is 0 Å². The minimum Gasteiger partial charge on any atom is -0.437 e. The van der Waals surface area contributed by atoms with Crippen LogP contribution in [0.4, 0.5) is 11.5 Å². The van der Waals surface area contributed by atoms with Gasteiger partial charge in [-0.25, -0.2) is 4.98 Å². The van der Waals surface area contributed by atoms with Gasteiger partial charge in [-0.1, -0.05) is 6.07 Å². The fraction of sp³-hybridized carbons (Fsp3) is 0.375. The molecule has 0 bridgehead atoms. The van der Waals surface area contributed by atoms with E-state index in [0.29, 0.717) is 17.4 Å². The smallest absolute Gasteiger partial charge is 0.248 e. The van der Waals surface area contributed by atoms with Crippen molar-refractivity contribution in [3.63, 3.8) is 0 Å². The van der Waals surface area contributed by atoms with Crippen LogP contribution in [0.2, 0.25) is 0 Å². The molecule has 5 nitrogen and oxygen atoms in total. The summed E-state index contributed by atoms with van der Waals surface area (Å²) in [5.41, 5.74) is 9.03. The zero-order valence-electron chi connectivity index (χ0n) is 13.1. The second-order valence-corrected chi connectivity index (χ2v) is 4.94. The molecule has 2 N–H and O–H groups in total. The number of hydrogen-bond acceptors (Lipinski definition) is 5. The lowest BCUT2D eigenvalue weighted by atomic mass is 10.1. The first-order chi connectivity index (χ1) is 10.1. The molecule has 0 spiro atoms. The molecule has 0 atom stereocenters. The molecular weight excluding hydrogens is 264 g/mol. The molecular formula is C16H22N4O. The van der Waals surface area contributed by atoms with Gasteiger partial charge in [0.15, 0.2) is 5.82 Å². The highest BCUT2D eigenvalue weighted by molar-refractivity contribution is 5.68. The van der Waals surface area contributed by atoms with Gasteiger partial charge in [0.1, 0.15) is 17.8 Å². The van der Waals surface area contributed by atoms with Crippen molar-refractivity contribution in [1.29, 1.82) is 0 Å². The molecule has 0 fully saturated rings. The predicted octanol–water partition coefficient (Wildman–Crippen LogP) is 3.31. The highest BCUT2D eigenvalue weighted by Gasteiger charge is 2.14. The first-order valence-corrected chi connectivity index (χ1v) is 7.17. The molecule has 0 aliphatic rings. The molecule has 0 aliphatic carbocycles. The van der Waals surface area contributed by atoms with E-state index in [-0.39, 0.29) is 0 Å². The van der Waals surface area contributed by atoms with Crippen molar-refractivity contribution < 1.29 is 4.74 Å². The average molecular weight is 286 g/mol. The van der Waals surface area contributed by atoms with E-state index in [0.717, 1.165) is 18.8 Å². The van der Waals surface area contributed by atoms with Gasteiger partial charge < -0.3 is 15.4 Å². The first-order valence-electron chi connectivity index (χ1n) is 7.17. The Morgan fingerprint density at radius 3 is 2.43 bits per heavy atom. The van der Waals surface area contributed by atoms with Crippen LogP contribution in [-0.2, 0) is 0 Å². The maximum atomic E-state index is 6.16. The summed E-state index contributed by atoms with van der Waals surface area (Å²) in [6.45, 7) is 9.91. The molecule has 112 valence electrons. The molecule has 0 saturated carbocycles. The number of benzene rings is 1. The summed E-state index contributed by atoms with van der Waals surface area (Å²) in [6.07, 6.45) is 1.49. The molecule has 0 unspecified atom stereocenters. The normalized spacial score (nSPS) is 10.5. The topological polar surface area (TPSA) is 64.3 Å². The van der Waals surface area contributed by atoms with E-state index in [1.807, 2.05) is 25.1 Å². The van der Waals surface area contributed by atoms with Crippen LogP contribution in [0.5, 0.6) is 11.6 Å². The van der Waals surface area contributed by atoms with E-state index in [1.54, 1.807) is 0 Å². The fourth-order valence-corrected chi connectivity index (χ4v) is 2.12. The van der Waals surface area contributed by atoms with Crippen molar-refractivity contribution in [3.05, 3.63) is 35.7 Å². The lowest BCUT2D eigenvalue weighted by molar-refractivity contribution is 0.463. The zero-order chi connectivity index (χ0) is 15.4. The van der Waals surface area contributed by atoms with Gasteiger partial charge in [0.2, 0.25) is 5.88 Å². The monoisotopic (exact) mass is 286 g/mol. The van der Waals surface area contributed by atoms with Crippen molar-refractivity contribution in [3.8, 4) is 11.6 Å². The van der Waals surface area contributed by atoms with Gasteiger partial charge in [-0.05, 0) is 51.0 Å². The molecule has 1 aromatic carbocycles. The van der Waals surface area contributed by atoms with E-state index in [2.05, 4.69) is 35.6 Å². The molecule has 21 heavy (non-hydrogen) atoms. The summed E-state index contributed by atoms with van der Waals surface area (Å²) >= 11 is 0. The van der Waals surface area contributed by atoms with E-state index < -0.39 is 0 Å². The van der Waals surface area contributed by atoms with E-state index in [1.165, 1.54) is 17.5 Å². The second kappa shape index (κ2) is 6.43. The van der Waals surface area contributed by atoms with Crippen molar-refractivity contribution >= 4 is 11.5 Å². The summed E-state index contributed by atoms with van der Waals surface area (Å²) < 4.78 is 5.82. The summed E-state index contributed by atoms with van der Waals surface area (Å²) in [6, 6.07) is 5.92. The van der Waals surface area contributed by atoms with Crippen molar-refractivity contribution in [2.75, 3.05) is 23.7 Å². The number of hydrogen-bond donors (Lipinski definition) is 1. The number of anilines is 2. The molecule has 0 amide bonds. The molecule has 2 aromatic rings. The Hall–Kier alpha value is -2.30. The van der Waals surface area contributed by atoms with Gasteiger partial charge >= 0.3 is 0 Å². The Morgan fingerprint density at radius 1 is 1.10 bits per heavy atom. The molecule has 1 heterocycles. The van der Waals surface area contributed by atoms with Gasteiger partial charge in [-0.3, -0.25) is 0 Å². The predicted molar refractivity (Wildman–Crippen MR) is 86.0 cm³/mol. The van der Waals surface area contributed by atoms with Gasteiger partial charge in [0.05, 0.1) is 0 Å². The maximum Gasteiger partial charge on any atom is 0.248 e.